The molecular weight excluding hydrogens is 262 g/mol. The number of amides is 1. The Labute approximate surface area is 126 Å². The molecule has 0 saturated heterocycles. The summed E-state index contributed by atoms with van der Waals surface area (Å²) in [5.41, 5.74) is 6.10. The van der Waals surface area contributed by atoms with Gasteiger partial charge in [0.2, 0.25) is 5.91 Å². The first-order valence-electron chi connectivity index (χ1n) is 8.03. The van der Waals surface area contributed by atoms with Gasteiger partial charge in [-0.3, -0.25) is 15.0 Å². The molecule has 0 spiro atoms. The van der Waals surface area contributed by atoms with Crippen molar-refractivity contribution >= 4 is 5.91 Å². The molecule has 4 heteroatoms. The van der Waals surface area contributed by atoms with Crippen molar-refractivity contribution in [1.82, 2.24) is 10.2 Å². The SMILES string of the molecule is CCN(CC(NC1CC1)(C(N)=O)c1ccccc1)C1CC1. The van der Waals surface area contributed by atoms with Gasteiger partial charge in [0.25, 0.3) is 0 Å². The van der Waals surface area contributed by atoms with Crippen molar-refractivity contribution in [2.24, 2.45) is 5.73 Å². The maximum absolute atomic E-state index is 12.4. The number of nitrogens with zero attached hydrogens (tertiary/aromatic N) is 1. The first-order valence-corrected chi connectivity index (χ1v) is 8.03. The van der Waals surface area contributed by atoms with Gasteiger partial charge in [0.05, 0.1) is 0 Å². The lowest BCUT2D eigenvalue weighted by atomic mass is 9.87. The van der Waals surface area contributed by atoms with Crippen LogP contribution in [-0.4, -0.2) is 36.0 Å². The van der Waals surface area contributed by atoms with Gasteiger partial charge in [-0.1, -0.05) is 37.3 Å². The average molecular weight is 287 g/mol. The summed E-state index contributed by atoms with van der Waals surface area (Å²) in [5, 5.41) is 3.55. The van der Waals surface area contributed by atoms with Crippen molar-refractivity contribution < 1.29 is 4.79 Å². The van der Waals surface area contributed by atoms with E-state index in [0.29, 0.717) is 18.6 Å². The molecule has 3 rings (SSSR count). The number of hydrogen-bond donors (Lipinski definition) is 2. The fraction of sp³-hybridized carbons (Fsp3) is 0.588. The third kappa shape index (κ3) is 3.11. The summed E-state index contributed by atoms with van der Waals surface area (Å²) < 4.78 is 0. The van der Waals surface area contributed by atoms with Crippen molar-refractivity contribution in [3.05, 3.63) is 35.9 Å². The second kappa shape index (κ2) is 5.78. The van der Waals surface area contributed by atoms with E-state index in [4.69, 9.17) is 5.73 Å². The molecule has 1 amide bonds. The number of primary amides is 1. The first-order chi connectivity index (χ1) is 10.2. The molecular formula is C17H25N3O. The standard InChI is InChI=1S/C17H25N3O/c1-2-20(15-10-11-15)12-17(16(18)21,19-14-8-9-14)13-6-4-3-5-7-13/h3-7,14-15,19H,2,8-12H2,1H3,(H2,18,21). The highest BCUT2D eigenvalue weighted by Gasteiger charge is 2.45. The highest BCUT2D eigenvalue weighted by Crippen LogP contribution is 2.33. The van der Waals surface area contributed by atoms with E-state index in [-0.39, 0.29) is 5.91 Å². The van der Waals surface area contributed by atoms with Crippen LogP contribution in [-0.2, 0) is 10.3 Å². The molecule has 2 saturated carbocycles. The number of likely N-dealkylation sites (N-methyl/N-ethyl adjacent to an activating group) is 1. The van der Waals surface area contributed by atoms with E-state index in [1.54, 1.807) is 0 Å². The molecule has 0 heterocycles. The Bertz CT molecular complexity index is 496. The van der Waals surface area contributed by atoms with Gasteiger partial charge in [0.15, 0.2) is 0 Å². The molecule has 3 N–H and O–H groups in total. The number of carbonyl (C=O) groups excluding carboxylic acids is 1. The molecule has 114 valence electrons. The van der Waals surface area contributed by atoms with E-state index in [1.165, 1.54) is 12.8 Å². The Morgan fingerprint density at radius 3 is 2.43 bits per heavy atom. The number of carbonyl (C=O) groups is 1. The largest absolute Gasteiger partial charge is 0.368 e. The van der Waals surface area contributed by atoms with Crippen molar-refractivity contribution in [2.75, 3.05) is 13.1 Å². The summed E-state index contributed by atoms with van der Waals surface area (Å²) in [4.78, 5) is 14.8. The van der Waals surface area contributed by atoms with Gasteiger partial charge in [-0.2, -0.15) is 0 Å². The molecule has 0 aromatic heterocycles. The number of hydrogen-bond acceptors (Lipinski definition) is 3. The van der Waals surface area contributed by atoms with Gasteiger partial charge in [-0.25, -0.2) is 0 Å². The molecule has 2 fully saturated rings. The van der Waals surface area contributed by atoms with Gasteiger partial charge < -0.3 is 5.73 Å². The highest BCUT2D eigenvalue weighted by molar-refractivity contribution is 5.86. The Morgan fingerprint density at radius 1 is 1.29 bits per heavy atom. The molecule has 0 aliphatic heterocycles. The number of nitrogens with one attached hydrogen (secondary N) is 1. The monoisotopic (exact) mass is 287 g/mol. The van der Waals surface area contributed by atoms with E-state index in [0.717, 1.165) is 24.9 Å². The quantitative estimate of drug-likeness (QED) is 0.763. The summed E-state index contributed by atoms with van der Waals surface area (Å²) in [6, 6.07) is 11.0. The normalized spacial score (nSPS) is 21.2. The summed E-state index contributed by atoms with van der Waals surface area (Å²) >= 11 is 0. The second-order valence-corrected chi connectivity index (χ2v) is 6.35. The van der Waals surface area contributed by atoms with Crippen molar-refractivity contribution in [3.63, 3.8) is 0 Å². The van der Waals surface area contributed by atoms with Crippen molar-refractivity contribution in [1.29, 1.82) is 0 Å². The van der Waals surface area contributed by atoms with Crippen LogP contribution >= 0.6 is 0 Å². The molecule has 0 bridgehead atoms. The van der Waals surface area contributed by atoms with Crippen LogP contribution in [0.4, 0.5) is 0 Å². The molecule has 1 aromatic rings. The molecule has 2 aliphatic rings. The Hall–Kier alpha value is -1.39. The van der Waals surface area contributed by atoms with Crippen LogP contribution < -0.4 is 11.1 Å². The summed E-state index contributed by atoms with van der Waals surface area (Å²) in [5.74, 6) is -0.264. The molecule has 0 radical (unpaired) electrons. The maximum atomic E-state index is 12.4. The van der Waals surface area contributed by atoms with Gasteiger partial charge >= 0.3 is 0 Å². The predicted molar refractivity (Wildman–Crippen MR) is 83.7 cm³/mol. The minimum absolute atomic E-state index is 0.264. The smallest absolute Gasteiger partial charge is 0.243 e. The molecule has 1 atom stereocenters. The maximum Gasteiger partial charge on any atom is 0.243 e. The van der Waals surface area contributed by atoms with Gasteiger partial charge in [-0.05, 0) is 37.8 Å². The predicted octanol–water partition coefficient (Wildman–Crippen LogP) is 1.60. The van der Waals surface area contributed by atoms with Crippen LogP contribution in [0.1, 0.15) is 38.2 Å². The Kier molecular flexibility index (Phi) is 4.00. The average Bonchev–Trinajstić information content (AvgIpc) is 3.38. The number of rotatable bonds is 8. The van der Waals surface area contributed by atoms with E-state index >= 15 is 0 Å². The third-order valence-electron chi connectivity index (χ3n) is 4.62. The lowest BCUT2D eigenvalue weighted by Gasteiger charge is -2.37. The van der Waals surface area contributed by atoms with Gasteiger partial charge in [0, 0.05) is 18.6 Å². The fourth-order valence-corrected chi connectivity index (χ4v) is 3.05. The van der Waals surface area contributed by atoms with E-state index in [9.17, 15) is 4.79 Å². The van der Waals surface area contributed by atoms with E-state index < -0.39 is 5.54 Å². The van der Waals surface area contributed by atoms with Crippen molar-refractivity contribution in [2.45, 2.75) is 50.2 Å². The molecule has 1 unspecified atom stereocenters. The van der Waals surface area contributed by atoms with Crippen LogP contribution in [0.15, 0.2) is 30.3 Å². The molecule has 2 aliphatic carbocycles. The Balaban J connectivity index is 1.92. The van der Waals surface area contributed by atoms with Crippen LogP contribution in [0.25, 0.3) is 0 Å². The number of nitrogens with two attached hydrogens (primary N) is 1. The lowest BCUT2D eigenvalue weighted by Crippen LogP contribution is -2.60. The highest BCUT2D eigenvalue weighted by atomic mass is 16.1. The summed E-state index contributed by atoms with van der Waals surface area (Å²) in [6.45, 7) is 3.79. The second-order valence-electron chi connectivity index (χ2n) is 6.35. The molecule has 21 heavy (non-hydrogen) atoms. The Morgan fingerprint density at radius 2 is 1.95 bits per heavy atom. The summed E-state index contributed by atoms with van der Waals surface area (Å²) in [7, 11) is 0. The van der Waals surface area contributed by atoms with Crippen LogP contribution in [0.2, 0.25) is 0 Å². The molecule has 4 nitrogen and oxygen atoms in total. The van der Waals surface area contributed by atoms with Gasteiger partial charge in [0.1, 0.15) is 5.54 Å². The van der Waals surface area contributed by atoms with Crippen LogP contribution in [0, 0.1) is 0 Å². The first kappa shape index (κ1) is 14.5. The summed E-state index contributed by atoms with van der Waals surface area (Å²) in [6.07, 6.45) is 4.75. The van der Waals surface area contributed by atoms with E-state index in [1.807, 2.05) is 30.3 Å². The van der Waals surface area contributed by atoms with Crippen molar-refractivity contribution in [3.8, 4) is 0 Å². The fourth-order valence-electron chi connectivity index (χ4n) is 3.05. The van der Waals surface area contributed by atoms with Crippen LogP contribution in [0.5, 0.6) is 0 Å². The van der Waals surface area contributed by atoms with Crippen LogP contribution in [0.3, 0.4) is 0 Å². The van der Waals surface area contributed by atoms with Gasteiger partial charge in [-0.15, -0.1) is 0 Å². The van der Waals surface area contributed by atoms with E-state index in [2.05, 4.69) is 17.1 Å². The lowest BCUT2D eigenvalue weighted by molar-refractivity contribution is -0.126. The zero-order valence-corrected chi connectivity index (χ0v) is 12.7. The minimum atomic E-state index is -0.763. The minimum Gasteiger partial charge on any atom is -0.368 e. The number of benzene rings is 1. The zero-order chi connectivity index (χ0) is 14.9. The zero-order valence-electron chi connectivity index (χ0n) is 12.7. The third-order valence-corrected chi connectivity index (χ3v) is 4.62. The molecule has 1 aromatic carbocycles. The topological polar surface area (TPSA) is 58.4 Å².